The van der Waals surface area contributed by atoms with Gasteiger partial charge in [-0.3, -0.25) is 4.79 Å². The van der Waals surface area contributed by atoms with E-state index in [0.717, 1.165) is 11.3 Å². The number of amides is 1. The number of rotatable bonds is 5. The van der Waals surface area contributed by atoms with Crippen molar-refractivity contribution in [3.8, 4) is 11.4 Å². The zero-order chi connectivity index (χ0) is 18.7. The monoisotopic (exact) mass is 371 g/mol. The number of benzene rings is 2. The third-order valence-electron chi connectivity index (χ3n) is 3.93. The molecule has 2 aromatic carbocycles. The molecule has 0 unspecified atom stereocenters. The lowest BCUT2D eigenvalue weighted by atomic mass is 10.2. The lowest BCUT2D eigenvalue weighted by molar-refractivity contribution is 0.101. The third-order valence-corrected chi connectivity index (χ3v) is 4.18. The zero-order valence-corrected chi connectivity index (χ0v) is 15.1. The van der Waals surface area contributed by atoms with E-state index < -0.39 is 5.91 Å². The van der Waals surface area contributed by atoms with E-state index in [1.807, 2.05) is 13.0 Å². The largest absolute Gasteiger partial charge is 0.496 e. The molecular weight excluding hydrogens is 354 g/mol. The summed E-state index contributed by atoms with van der Waals surface area (Å²) in [7, 11) is 1.57. The molecule has 0 aliphatic heterocycles. The van der Waals surface area contributed by atoms with Crippen LogP contribution in [0.3, 0.4) is 0 Å². The number of aromatic nitrogens is 2. The van der Waals surface area contributed by atoms with Crippen molar-refractivity contribution >= 4 is 23.2 Å². The first-order chi connectivity index (χ1) is 12.5. The molecule has 7 heteroatoms. The third kappa shape index (κ3) is 3.71. The van der Waals surface area contributed by atoms with Gasteiger partial charge < -0.3 is 15.2 Å². The normalized spacial score (nSPS) is 10.6. The number of nitrogens with zero attached hydrogens (tertiary/aromatic N) is 2. The lowest BCUT2D eigenvalue weighted by Gasteiger charge is -2.09. The molecule has 0 radical (unpaired) electrons. The molecule has 3 aromatic rings. The maximum Gasteiger partial charge on any atom is 0.276 e. The van der Waals surface area contributed by atoms with Gasteiger partial charge in [0, 0.05) is 28.5 Å². The molecule has 26 heavy (non-hydrogen) atoms. The van der Waals surface area contributed by atoms with E-state index in [-0.39, 0.29) is 12.3 Å². The molecular formula is C19H18ClN3O3. The van der Waals surface area contributed by atoms with E-state index in [4.69, 9.17) is 16.3 Å². The van der Waals surface area contributed by atoms with E-state index >= 15 is 0 Å². The summed E-state index contributed by atoms with van der Waals surface area (Å²) in [6, 6.07) is 12.4. The Kier molecular flexibility index (Phi) is 5.25. The number of ether oxygens (including phenoxy) is 1. The minimum Gasteiger partial charge on any atom is -0.496 e. The molecule has 1 aromatic heterocycles. The quantitative estimate of drug-likeness (QED) is 0.718. The first kappa shape index (κ1) is 18.0. The number of halogens is 1. The average molecular weight is 372 g/mol. The van der Waals surface area contributed by atoms with Crippen LogP contribution in [0.4, 0.5) is 5.69 Å². The summed E-state index contributed by atoms with van der Waals surface area (Å²) in [4.78, 5) is 12.6. The summed E-state index contributed by atoms with van der Waals surface area (Å²) in [5.74, 6) is 0.268. The summed E-state index contributed by atoms with van der Waals surface area (Å²) >= 11 is 5.90. The van der Waals surface area contributed by atoms with E-state index in [1.165, 1.54) is 4.68 Å². The summed E-state index contributed by atoms with van der Waals surface area (Å²) in [5.41, 5.74) is 2.87. The number of hydrogen-bond donors (Lipinski definition) is 2. The van der Waals surface area contributed by atoms with Crippen LogP contribution in [0.5, 0.6) is 5.75 Å². The van der Waals surface area contributed by atoms with Crippen molar-refractivity contribution in [2.45, 2.75) is 13.5 Å². The van der Waals surface area contributed by atoms with Crippen molar-refractivity contribution < 1.29 is 14.6 Å². The van der Waals surface area contributed by atoms with Crippen molar-refractivity contribution in [3.05, 3.63) is 70.5 Å². The van der Waals surface area contributed by atoms with E-state index in [0.29, 0.717) is 22.0 Å². The van der Waals surface area contributed by atoms with Crippen LogP contribution in [-0.2, 0) is 6.61 Å². The van der Waals surface area contributed by atoms with Crippen LogP contribution in [0.15, 0.2) is 48.7 Å². The highest BCUT2D eigenvalue weighted by Crippen LogP contribution is 2.23. The molecule has 0 fully saturated rings. The number of carbonyl (C=O) groups excluding carboxylic acids is 1. The van der Waals surface area contributed by atoms with Crippen LogP contribution < -0.4 is 10.1 Å². The van der Waals surface area contributed by atoms with Crippen LogP contribution in [0.2, 0.25) is 5.02 Å². The van der Waals surface area contributed by atoms with Crippen LogP contribution in [0, 0.1) is 6.92 Å². The van der Waals surface area contributed by atoms with E-state index in [1.54, 1.807) is 49.7 Å². The van der Waals surface area contributed by atoms with Gasteiger partial charge in [-0.2, -0.15) is 5.10 Å². The molecule has 134 valence electrons. The maximum absolute atomic E-state index is 12.6. The Bertz CT molecular complexity index is 936. The molecule has 0 atom stereocenters. The molecule has 1 heterocycles. The van der Waals surface area contributed by atoms with Gasteiger partial charge in [0.2, 0.25) is 0 Å². The number of carbonyl (C=O) groups is 1. The van der Waals surface area contributed by atoms with E-state index in [9.17, 15) is 9.90 Å². The zero-order valence-electron chi connectivity index (χ0n) is 14.4. The highest BCUT2D eigenvalue weighted by molar-refractivity contribution is 6.30. The summed E-state index contributed by atoms with van der Waals surface area (Å²) < 4.78 is 6.80. The van der Waals surface area contributed by atoms with Crippen LogP contribution in [0.1, 0.15) is 21.6 Å². The maximum atomic E-state index is 12.6. The average Bonchev–Trinajstić information content (AvgIpc) is 3.08. The molecule has 0 aliphatic carbocycles. The molecule has 0 aliphatic rings. The summed E-state index contributed by atoms with van der Waals surface area (Å²) in [6.07, 6.45) is 1.62. The highest BCUT2D eigenvalue weighted by Gasteiger charge is 2.17. The number of anilines is 1. The number of nitrogens with one attached hydrogen (secondary N) is 1. The number of aliphatic hydroxyl groups excluding tert-OH is 1. The van der Waals surface area contributed by atoms with Crippen molar-refractivity contribution in [1.82, 2.24) is 9.78 Å². The van der Waals surface area contributed by atoms with Crippen molar-refractivity contribution in [2.24, 2.45) is 0 Å². The summed E-state index contributed by atoms with van der Waals surface area (Å²) in [5, 5.41) is 17.3. The van der Waals surface area contributed by atoms with Crippen LogP contribution >= 0.6 is 11.6 Å². The van der Waals surface area contributed by atoms with Gasteiger partial charge in [0.1, 0.15) is 5.75 Å². The minimum absolute atomic E-state index is 0.155. The Labute approximate surface area is 156 Å². The molecule has 2 N–H and O–H groups in total. The SMILES string of the molecule is COc1cc(NC(=O)c2nn(-c3ccc(Cl)cc3)cc2CO)ccc1C. The highest BCUT2D eigenvalue weighted by atomic mass is 35.5. The Hall–Kier alpha value is -2.83. The predicted octanol–water partition coefficient (Wildman–Crippen LogP) is 3.59. The second kappa shape index (κ2) is 7.59. The number of aliphatic hydroxyl groups is 1. The van der Waals surface area contributed by atoms with Gasteiger partial charge in [0.05, 0.1) is 19.4 Å². The number of aryl methyl sites for hydroxylation is 1. The fraction of sp³-hybridized carbons (Fsp3) is 0.158. The van der Waals surface area contributed by atoms with Gasteiger partial charge in [-0.25, -0.2) is 4.68 Å². The Morgan fingerprint density at radius 3 is 2.65 bits per heavy atom. The van der Waals surface area contributed by atoms with Gasteiger partial charge in [-0.1, -0.05) is 17.7 Å². The Morgan fingerprint density at radius 2 is 2.00 bits per heavy atom. The molecule has 6 nitrogen and oxygen atoms in total. The second-order valence-electron chi connectivity index (χ2n) is 5.72. The predicted molar refractivity (Wildman–Crippen MR) is 100 cm³/mol. The Morgan fingerprint density at radius 1 is 1.27 bits per heavy atom. The first-order valence-electron chi connectivity index (χ1n) is 7.93. The standard InChI is InChI=1S/C19H18ClN3O3/c1-12-3-6-15(9-17(12)26-2)21-19(25)18-13(11-24)10-23(22-18)16-7-4-14(20)5-8-16/h3-10,24H,11H2,1-2H3,(H,21,25). The Balaban J connectivity index is 1.88. The van der Waals surface area contributed by atoms with Crippen molar-refractivity contribution in [3.63, 3.8) is 0 Å². The van der Waals surface area contributed by atoms with Crippen LogP contribution in [0.25, 0.3) is 5.69 Å². The summed E-state index contributed by atoms with van der Waals surface area (Å²) in [6.45, 7) is 1.62. The molecule has 3 rings (SSSR count). The topological polar surface area (TPSA) is 76.4 Å². The molecule has 1 amide bonds. The fourth-order valence-electron chi connectivity index (χ4n) is 2.53. The first-order valence-corrected chi connectivity index (χ1v) is 8.31. The minimum atomic E-state index is -0.410. The molecule has 0 bridgehead atoms. The van der Waals surface area contributed by atoms with Gasteiger partial charge in [0.15, 0.2) is 5.69 Å². The van der Waals surface area contributed by atoms with Gasteiger partial charge in [-0.15, -0.1) is 0 Å². The molecule has 0 saturated heterocycles. The molecule has 0 saturated carbocycles. The molecule has 0 spiro atoms. The van der Waals surface area contributed by atoms with Crippen molar-refractivity contribution in [1.29, 1.82) is 0 Å². The van der Waals surface area contributed by atoms with Crippen molar-refractivity contribution in [2.75, 3.05) is 12.4 Å². The van der Waals surface area contributed by atoms with Gasteiger partial charge in [0.25, 0.3) is 5.91 Å². The van der Waals surface area contributed by atoms with E-state index in [2.05, 4.69) is 10.4 Å². The fourth-order valence-corrected chi connectivity index (χ4v) is 2.66. The lowest BCUT2D eigenvalue weighted by Crippen LogP contribution is -2.15. The van der Waals surface area contributed by atoms with Gasteiger partial charge >= 0.3 is 0 Å². The second-order valence-corrected chi connectivity index (χ2v) is 6.16. The van der Waals surface area contributed by atoms with Crippen LogP contribution in [-0.4, -0.2) is 27.9 Å². The number of hydrogen-bond acceptors (Lipinski definition) is 4. The van der Waals surface area contributed by atoms with Gasteiger partial charge in [-0.05, 0) is 42.8 Å². The smallest absolute Gasteiger partial charge is 0.276 e. The number of methoxy groups -OCH3 is 1.